The summed E-state index contributed by atoms with van der Waals surface area (Å²) in [5.41, 5.74) is 8.06. The highest BCUT2D eigenvalue weighted by molar-refractivity contribution is 7.15. The highest BCUT2D eigenvalue weighted by Crippen LogP contribution is 2.39. The number of anilines is 1. The lowest BCUT2D eigenvalue weighted by Crippen LogP contribution is -1.97. The van der Waals surface area contributed by atoms with Gasteiger partial charge in [0.05, 0.1) is 15.4 Å². The molecule has 3 rings (SSSR count). The summed E-state index contributed by atoms with van der Waals surface area (Å²) < 4.78 is 1.72. The average molecular weight is 276 g/mol. The van der Waals surface area contributed by atoms with E-state index in [0.29, 0.717) is 5.82 Å². The number of hydrogen-bond donors (Lipinski definition) is 1. The Morgan fingerprint density at radius 1 is 1.33 bits per heavy atom. The van der Waals surface area contributed by atoms with E-state index in [1.54, 1.807) is 27.4 Å². The Hall–Kier alpha value is -1.66. The highest BCUT2D eigenvalue weighted by atomic mass is 32.1. The summed E-state index contributed by atoms with van der Waals surface area (Å²) >= 11 is 3.31. The molecule has 0 radical (unpaired) electrons. The monoisotopic (exact) mass is 276 g/mol. The molecule has 0 fully saturated rings. The van der Waals surface area contributed by atoms with Gasteiger partial charge in [0.1, 0.15) is 11.5 Å². The van der Waals surface area contributed by atoms with Gasteiger partial charge in [-0.2, -0.15) is 5.10 Å². The Labute approximate surface area is 113 Å². The van der Waals surface area contributed by atoms with Gasteiger partial charge < -0.3 is 5.73 Å². The minimum atomic E-state index is 0.693. The molecule has 3 heterocycles. The quantitative estimate of drug-likeness (QED) is 0.782. The molecule has 0 saturated carbocycles. The molecular weight excluding hydrogens is 264 g/mol. The van der Waals surface area contributed by atoms with Crippen LogP contribution in [0, 0.1) is 6.92 Å². The van der Waals surface area contributed by atoms with E-state index in [4.69, 9.17) is 5.73 Å². The van der Waals surface area contributed by atoms with Crippen molar-refractivity contribution in [1.82, 2.24) is 14.8 Å². The molecule has 0 unspecified atom stereocenters. The van der Waals surface area contributed by atoms with Crippen molar-refractivity contribution in [2.45, 2.75) is 6.92 Å². The number of aryl methyl sites for hydroxylation is 2. The lowest BCUT2D eigenvalue weighted by atomic mass is 10.2. The first kappa shape index (κ1) is 11.4. The summed E-state index contributed by atoms with van der Waals surface area (Å²) in [5.74, 6) is 0.693. The fraction of sp³-hybridized carbons (Fsp3) is 0.167. The number of hydrogen-bond acceptors (Lipinski definition) is 5. The lowest BCUT2D eigenvalue weighted by molar-refractivity contribution is 0.783. The number of aromatic nitrogens is 3. The SMILES string of the molecule is Cc1ncc(-c2nn(C)c(N)c2-c2cccs2)s1. The van der Waals surface area contributed by atoms with Crippen molar-refractivity contribution in [2.24, 2.45) is 7.05 Å². The Kier molecular flexibility index (Phi) is 2.68. The highest BCUT2D eigenvalue weighted by Gasteiger charge is 2.19. The zero-order chi connectivity index (χ0) is 12.7. The van der Waals surface area contributed by atoms with Gasteiger partial charge in [-0.15, -0.1) is 22.7 Å². The van der Waals surface area contributed by atoms with Gasteiger partial charge >= 0.3 is 0 Å². The molecule has 0 aliphatic rings. The molecule has 0 spiro atoms. The second-order valence-electron chi connectivity index (χ2n) is 3.95. The Morgan fingerprint density at radius 2 is 2.17 bits per heavy atom. The largest absolute Gasteiger partial charge is 0.383 e. The van der Waals surface area contributed by atoms with E-state index in [1.807, 2.05) is 31.6 Å². The van der Waals surface area contributed by atoms with Crippen LogP contribution in [0.4, 0.5) is 5.82 Å². The predicted molar refractivity (Wildman–Crippen MR) is 76.8 cm³/mol. The van der Waals surface area contributed by atoms with Crippen molar-refractivity contribution in [3.63, 3.8) is 0 Å². The number of thiophene rings is 1. The average Bonchev–Trinajstić information content (AvgIpc) is 3.02. The number of nitrogens with two attached hydrogens (primary N) is 1. The molecule has 6 heteroatoms. The lowest BCUT2D eigenvalue weighted by Gasteiger charge is -1.98. The molecule has 3 aromatic rings. The first-order valence-electron chi connectivity index (χ1n) is 5.46. The van der Waals surface area contributed by atoms with Crippen LogP contribution in [-0.4, -0.2) is 14.8 Å². The molecule has 0 saturated heterocycles. The van der Waals surface area contributed by atoms with Gasteiger partial charge in [0.25, 0.3) is 0 Å². The van der Waals surface area contributed by atoms with Crippen LogP contribution in [0.2, 0.25) is 0 Å². The van der Waals surface area contributed by atoms with Crippen molar-refractivity contribution >= 4 is 28.5 Å². The van der Waals surface area contributed by atoms with E-state index in [9.17, 15) is 0 Å². The number of rotatable bonds is 2. The molecular formula is C12H12N4S2. The van der Waals surface area contributed by atoms with Gasteiger partial charge in [-0.05, 0) is 18.4 Å². The fourth-order valence-electron chi connectivity index (χ4n) is 1.84. The van der Waals surface area contributed by atoms with Crippen LogP contribution in [0.5, 0.6) is 0 Å². The van der Waals surface area contributed by atoms with Crippen molar-refractivity contribution in [3.05, 3.63) is 28.7 Å². The van der Waals surface area contributed by atoms with Crippen molar-refractivity contribution in [2.75, 3.05) is 5.73 Å². The van der Waals surface area contributed by atoms with Gasteiger partial charge in [0.15, 0.2) is 0 Å². The molecule has 18 heavy (non-hydrogen) atoms. The van der Waals surface area contributed by atoms with E-state index in [-0.39, 0.29) is 0 Å². The summed E-state index contributed by atoms with van der Waals surface area (Å²) in [6.07, 6.45) is 1.86. The summed E-state index contributed by atoms with van der Waals surface area (Å²) in [5, 5.41) is 7.60. The van der Waals surface area contributed by atoms with E-state index in [2.05, 4.69) is 16.1 Å². The van der Waals surface area contributed by atoms with Crippen LogP contribution in [0.25, 0.3) is 21.0 Å². The van der Waals surface area contributed by atoms with E-state index < -0.39 is 0 Å². The van der Waals surface area contributed by atoms with Crippen LogP contribution in [0.1, 0.15) is 5.01 Å². The maximum Gasteiger partial charge on any atom is 0.130 e. The van der Waals surface area contributed by atoms with Crippen molar-refractivity contribution < 1.29 is 0 Å². The standard InChI is InChI=1S/C12H12N4S2/c1-7-14-6-9(18-7)11-10(8-4-3-5-17-8)12(13)16(2)15-11/h3-6H,13H2,1-2H3. The van der Waals surface area contributed by atoms with E-state index >= 15 is 0 Å². The van der Waals surface area contributed by atoms with Crippen LogP contribution >= 0.6 is 22.7 Å². The Bertz CT molecular complexity index is 679. The second-order valence-corrected chi connectivity index (χ2v) is 6.14. The predicted octanol–water partition coefficient (Wildman–Crippen LogP) is 3.16. The first-order valence-corrected chi connectivity index (χ1v) is 7.15. The van der Waals surface area contributed by atoms with E-state index in [0.717, 1.165) is 26.0 Å². The molecule has 0 aliphatic heterocycles. The molecule has 0 aliphatic carbocycles. The number of nitrogen functional groups attached to an aromatic ring is 1. The summed E-state index contributed by atoms with van der Waals surface area (Å²) in [4.78, 5) is 6.49. The first-order chi connectivity index (χ1) is 8.66. The third-order valence-electron chi connectivity index (χ3n) is 2.71. The molecule has 0 atom stereocenters. The zero-order valence-electron chi connectivity index (χ0n) is 10.0. The zero-order valence-corrected chi connectivity index (χ0v) is 11.7. The number of thiazole rings is 1. The molecule has 3 aromatic heterocycles. The van der Waals surface area contributed by atoms with Gasteiger partial charge in [0, 0.05) is 18.1 Å². The summed E-state index contributed by atoms with van der Waals surface area (Å²) in [7, 11) is 1.86. The molecule has 2 N–H and O–H groups in total. The van der Waals surface area contributed by atoms with Crippen molar-refractivity contribution in [1.29, 1.82) is 0 Å². The molecule has 92 valence electrons. The summed E-state index contributed by atoms with van der Waals surface area (Å²) in [6.45, 7) is 1.99. The Balaban J connectivity index is 2.24. The minimum absolute atomic E-state index is 0.693. The molecule has 0 bridgehead atoms. The molecule has 0 aromatic carbocycles. The van der Waals surface area contributed by atoms with Crippen LogP contribution < -0.4 is 5.73 Å². The third kappa shape index (κ3) is 1.74. The molecule has 0 amide bonds. The third-order valence-corrected chi connectivity index (χ3v) is 4.52. The number of nitrogens with zero attached hydrogens (tertiary/aromatic N) is 3. The fourth-order valence-corrected chi connectivity index (χ4v) is 3.39. The second kappa shape index (κ2) is 4.22. The van der Waals surface area contributed by atoms with Crippen LogP contribution in [0.15, 0.2) is 23.7 Å². The maximum atomic E-state index is 6.13. The minimum Gasteiger partial charge on any atom is -0.383 e. The Morgan fingerprint density at radius 3 is 2.78 bits per heavy atom. The topological polar surface area (TPSA) is 56.7 Å². The van der Waals surface area contributed by atoms with Gasteiger partial charge in [0.2, 0.25) is 0 Å². The molecule has 4 nitrogen and oxygen atoms in total. The smallest absolute Gasteiger partial charge is 0.130 e. The van der Waals surface area contributed by atoms with E-state index in [1.165, 1.54) is 0 Å². The maximum absolute atomic E-state index is 6.13. The van der Waals surface area contributed by atoms with Gasteiger partial charge in [-0.1, -0.05) is 6.07 Å². The van der Waals surface area contributed by atoms with Crippen LogP contribution in [0.3, 0.4) is 0 Å². The van der Waals surface area contributed by atoms with Crippen LogP contribution in [-0.2, 0) is 7.05 Å². The normalized spacial score (nSPS) is 11.0. The van der Waals surface area contributed by atoms with Crippen molar-refractivity contribution in [3.8, 4) is 21.0 Å². The summed E-state index contributed by atoms with van der Waals surface area (Å²) in [6, 6.07) is 4.09. The van der Waals surface area contributed by atoms with Gasteiger partial charge in [-0.3, -0.25) is 4.68 Å². The van der Waals surface area contributed by atoms with Gasteiger partial charge in [-0.25, -0.2) is 4.98 Å².